The zero-order chi connectivity index (χ0) is 15.5. The van der Waals surface area contributed by atoms with Gasteiger partial charge in [0.1, 0.15) is 17.2 Å². The summed E-state index contributed by atoms with van der Waals surface area (Å²) in [5.41, 5.74) is -0.692. The zero-order valence-corrected chi connectivity index (χ0v) is 12.3. The first-order valence-corrected chi connectivity index (χ1v) is 6.61. The SMILES string of the molecule is CN(C)c1nccc(NCC(C)(O)c2cccc(F)c2)n1. The second-order valence-electron chi connectivity index (χ2n) is 5.27. The zero-order valence-electron chi connectivity index (χ0n) is 12.3. The monoisotopic (exact) mass is 290 g/mol. The van der Waals surface area contributed by atoms with E-state index in [2.05, 4.69) is 15.3 Å². The van der Waals surface area contributed by atoms with Gasteiger partial charge in [0.05, 0.1) is 0 Å². The maximum Gasteiger partial charge on any atom is 0.226 e. The number of hydrogen-bond acceptors (Lipinski definition) is 5. The van der Waals surface area contributed by atoms with Crippen LogP contribution < -0.4 is 10.2 Å². The molecule has 0 fully saturated rings. The molecule has 1 atom stereocenters. The van der Waals surface area contributed by atoms with Crippen molar-refractivity contribution in [1.29, 1.82) is 0 Å². The van der Waals surface area contributed by atoms with Crippen LogP contribution in [0.5, 0.6) is 0 Å². The molecular formula is C15H19FN4O. The molecule has 2 rings (SSSR count). The molecule has 0 amide bonds. The fourth-order valence-electron chi connectivity index (χ4n) is 1.85. The molecule has 0 aliphatic heterocycles. The molecule has 0 saturated heterocycles. The van der Waals surface area contributed by atoms with E-state index >= 15 is 0 Å². The minimum atomic E-state index is -1.20. The van der Waals surface area contributed by atoms with Crippen LogP contribution in [-0.4, -0.2) is 35.7 Å². The van der Waals surface area contributed by atoms with Crippen molar-refractivity contribution in [2.45, 2.75) is 12.5 Å². The van der Waals surface area contributed by atoms with Gasteiger partial charge >= 0.3 is 0 Å². The van der Waals surface area contributed by atoms with Gasteiger partial charge in [0.15, 0.2) is 0 Å². The molecule has 112 valence electrons. The van der Waals surface area contributed by atoms with Crippen molar-refractivity contribution in [3.05, 3.63) is 47.9 Å². The van der Waals surface area contributed by atoms with Crippen LogP contribution in [-0.2, 0) is 5.60 Å². The summed E-state index contributed by atoms with van der Waals surface area (Å²) in [6.07, 6.45) is 1.64. The predicted octanol–water partition coefficient (Wildman–Crippen LogP) is 2.00. The highest BCUT2D eigenvalue weighted by Gasteiger charge is 2.23. The van der Waals surface area contributed by atoms with Crippen molar-refractivity contribution in [1.82, 2.24) is 9.97 Å². The molecule has 0 aliphatic rings. The van der Waals surface area contributed by atoms with Crippen LogP contribution in [0.4, 0.5) is 16.2 Å². The summed E-state index contributed by atoms with van der Waals surface area (Å²) in [5, 5.41) is 13.5. The first-order valence-electron chi connectivity index (χ1n) is 6.61. The van der Waals surface area contributed by atoms with Crippen molar-refractivity contribution in [2.75, 3.05) is 30.9 Å². The van der Waals surface area contributed by atoms with Gasteiger partial charge in [0.25, 0.3) is 0 Å². The van der Waals surface area contributed by atoms with Crippen molar-refractivity contribution in [2.24, 2.45) is 0 Å². The number of nitrogens with zero attached hydrogens (tertiary/aromatic N) is 3. The second-order valence-corrected chi connectivity index (χ2v) is 5.27. The van der Waals surface area contributed by atoms with E-state index in [0.717, 1.165) is 0 Å². The smallest absolute Gasteiger partial charge is 0.226 e. The maximum atomic E-state index is 13.2. The van der Waals surface area contributed by atoms with Crippen molar-refractivity contribution in [3.63, 3.8) is 0 Å². The van der Waals surface area contributed by atoms with E-state index in [0.29, 0.717) is 17.3 Å². The molecule has 0 aliphatic carbocycles. The lowest BCUT2D eigenvalue weighted by molar-refractivity contribution is 0.0711. The molecule has 2 N–H and O–H groups in total. The Kier molecular flexibility index (Phi) is 4.37. The summed E-state index contributed by atoms with van der Waals surface area (Å²) in [4.78, 5) is 10.2. The predicted molar refractivity (Wildman–Crippen MR) is 80.8 cm³/mol. The molecule has 21 heavy (non-hydrogen) atoms. The van der Waals surface area contributed by atoms with Crippen LogP contribution in [0, 0.1) is 5.82 Å². The Morgan fingerprint density at radius 3 is 2.76 bits per heavy atom. The highest BCUT2D eigenvalue weighted by Crippen LogP contribution is 2.22. The van der Waals surface area contributed by atoms with Crippen molar-refractivity contribution in [3.8, 4) is 0 Å². The first kappa shape index (κ1) is 15.2. The molecule has 0 bridgehead atoms. The van der Waals surface area contributed by atoms with E-state index in [9.17, 15) is 9.50 Å². The van der Waals surface area contributed by atoms with E-state index in [-0.39, 0.29) is 12.4 Å². The van der Waals surface area contributed by atoms with Gasteiger partial charge in [-0.2, -0.15) is 4.98 Å². The average molecular weight is 290 g/mol. The highest BCUT2D eigenvalue weighted by molar-refractivity contribution is 5.41. The molecule has 1 heterocycles. The van der Waals surface area contributed by atoms with E-state index in [1.54, 1.807) is 36.2 Å². The number of aromatic nitrogens is 2. The number of rotatable bonds is 5. The molecule has 1 unspecified atom stereocenters. The van der Waals surface area contributed by atoms with Gasteiger partial charge < -0.3 is 15.3 Å². The highest BCUT2D eigenvalue weighted by atomic mass is 19.1. The Hall–Kier alpha value is -2.21. The lowest BCUT2D eigenvalue weighted by Crippen LogP contribution is -2.31. The Morgan fingerprint density at radius 2 is 2.10 bits per heavy atom. The molecule has 0 radical (unpaired) electrons. The lowest BCUT2D eigenvalue weighted by Gasteiger charge is -2.24. The van der Waals surface area contributed by atoms with Crippen LogP contribution in [0.3, 0.4) is 0 Å². The van der Waals surface area contributed by atoms with Crippen molar-refractivity contribution >= 4 is 11.8 Å². The molecule has 1 aromatic heterocycles. The summed E-state index contributed by atoms with van der Waals surface area (Å²) >= 11 is 0. The fourth-order valence-corrected chi connectivity index (χ4v) is 1.85. The summed E-state index contributed by atoms with van der Waals surface area (Å²) in [6, 6.07) is 7.66. The number of benzene rings is 1. The quantitative estimate of drug-likeness (QED) is 0.882. The number of aliphatic hydroxyl groups is 1. The van der Waals surface area contributed by atoms with Gasteiger partial charge in [0.2, 0.25) is 5.95 Å². The fraction of sp³-hybridized carbons (Fsp3) is 0.333. The minimum absolute atomic E-state index is 0.209. The van der Waals surface area contributed by atoms with E-state index in [1.807, 2.05) is 14.1 Å². The van der Waals surface area contributed by atoms with Crippen LogP contribution in [0.25, 0.3) is 0 Å². The lowest BCUT2D eigenvalue weighted by atomic mass is 9.96. The Labute approximate surface area is 123 Å². The summed E-state index contributed by atoms with van der Waals surface area (Å²) in [7, 11) is 3.70. The molecule has 0 spiro atoms. The molecule has 5 nitrogen and oxygen atoms in total. The van der Waals surface area contributed by atoms with Gasteiger partial charge in [0, 0.05) is 26.8 Å². The first-order chi connectivity index (χ1) is 9.88. The van der Waals surface area contributed by atoms with E-state index in [1.165, 1.54) is 12.1 Å². The normalized spacial score (nSPS) is 13.6. The van der Waals surface area contributed by atoms with Gasteiger partial charge in [-0.25, -0.2) is 9.37 Å². The van der Waals surface area contributed by atoms with Gasteiger partial charge in [-0.05, 0) is 30.7 Å². The van der Waals surface area contributed by atoms with Crippen LogP contribution >= 0.6 is 0 Å². The number of hydrogen-bond donors (Lipinski definition) is 2. The number of anilines is 2. The van der Waals surface area contributed by atoms with Crippen LogP contribution in [0.1, 0.15) is 12.5 Å². The maximum absolute atomic E-state index is 13.2. The largest absolute Gasteiger partial charge is 0.384 e. The summed E-state index contributed by atoms with van der Waals surface area (Å²) < 4.78 is 13.2. The Balaban J connectivity index is 2.09. The number of nitrogens with one attached hydrogen (secondary N) is 1. The van der Waals surface area contributed by atoms with Gasteiger partial charge in [-0.3, -0.25) is 0 Å². The second kappa shape index (κ2) is 6.05. The third-order valence-electron chi connectivity index (χ3n) is 3.10. The van der Waals surface area contributed by atoms with Crippen molar-refractivity contribution < 1.29 is 9.50 Å². The van der Waals surface area contributed by atoms with E-state index < -0.39 is 5.60 Å². The van der Waals surface area contributed by atoms with Crippen LogP contribution in [0.2, 0.25) is 0 Å². The average Bonchev–Trinajstić information content (AvgIpc) is 2.45. The molecular weight excluding hydrogens is 271 g/mol. The molecule has 1 aromatic carbocycles. The summed E-state index contributed by atoms with van der Waals surface area (Å²) in [5.74, 6) is 0.806. The number of halogens is 1. The molecule has 0 saturated carbocycles. The molecule has 6 heteroatoms. The van der Waals surface area contributed by atoms with Gasteiger partial charge in [-0.1, -0.05) is 12.1 Å². The summed E-state index contributed by atoms with van der Waals surface area (Å²) in [6.45, 7) is 1.84. The standard InChI is InChI=1S/C15H19FN4O/c1-15(21,11-5-4-6-12(16)9-11)10-18-13-7-8-17-14(19-13)20(2)3/h4-9,21H,10H2,1-3H3,(H,17,18,19). The van der Waals surface area contributed by atoms with E-state index in [4.69, 9.17) is 0 Å². The Bertz CT molecular complexity index is 616. The topological polar surface area (TPSA) is 61.3 Å². The molecule has 2 aromatic rings. The Morgan fingerprint density at radius 1 is 1.33 bits per heavy atom. The third kappa shape index (κ3) is 3.88. The van der Waals surface area contributed by atoms with Gasteiger partial charge in [-0.15, -0.1) is 0 Å². The van der Waals surface area contributed by atoms with Crippen LogP contribution in [0.15, 0.2) is 36.5 Å². The minimum Gasteiger partial charge on any atom is -0.384 e. The third-order valence-corrected chi connectivity index (χ3v) is 3.10.